The van der Waals surface area contributed by atoms with E-state index in [2.05, 4.69) is 15.1 Å². The number of pyridine rings is 3. The van der Waals surface area contributed by atoms with Crippen LogP contribution in [0.1, 0.15) is 29.4 Å². The molecule has 0 N–H and O–H groups in total. The number of aryl methyl sites for hydroxylation is 1. The summed E-state index contributed by atoms with van der Waals surface area (Å²) in [6.07, 6.45) is 7.37. The maximum Gasteiger partial charge on any atom is 0.180 e. The number of carbonyl (C=O) groups excluding carboxylic acids is 1. The molecule has 7 heteroatoms. The van der Waals surface area contributed by atoms with Gasteiger partial charge in [-0.3, -0.25) is 9.78 Å². The van der Waals surface area contributed by atoms with Gasteiger partial charge in [-0.25, -0.2) is 14.6 Å². The van der Waals surface area contributed by atoms with Crippen molar-refractivity contribution in [1.29, 1.82) is 0 Å². The number of fused-ring (bicyclic) bond motifs is 1. The molecule has 0 spiro atoms. The maximum atomic E-state index is 12.0. The standard InChI is InChI=1S/C20H16ClN5O/c1-3-18(27)17-7-12(2)15(11-22-17)14-8-13-10-23-19(21)9-16(13)25-20(14)26-6-4-5-24-26/h4-11H,3H2,1-2H3. The van der Waals surface area contributed by atoms with Gasteiger partial charge in [0.25, 0.3) is 0 Å². The van der Waals surface area contributed by atoms with Crippen molar-refractivity contribution in [3.05, 3.63) is 65.5 Å². The normalized spacial score (nSPS) is 11.1. The van der Waals surface area contributed by atoms with Gasteiger partial charge in [-0.2, -0.15) is 5.10 Å². The zero-order valence-corrected chi connectivity index (χ0v) is 15.6. The molecular weight excluding hydrogens is 362 g/mol. The van der Waals surface area contributed by atoms with E-state index in [0.29, 0.717) is 23.1 Å². The van der Waals surface area contributed by atoms with Crippen LogP contribution in [0.2, 0.25) is 5.15 Å². The van der Waals surface area contributed by atoms with Crippen LogP contribution in [0, 0.1) is 6.92 Å². The average molecular weight is 378 g/mol. The summed E-state index contributed by atoms with van der Waals surface area (Å²) in [6, 6.07) is 7.37. The highest BCUT2D eigenvalue weighted by molar-refractivity contribution is 6.30. The highest BCUT2D eigenvalue weighted by atomic mass is 35.5. The highest BCUT2D eigenvalue weighted by Gasteiger charge is 2.16. The van der Waals surface area contributed by atoms with Gasteiger partial charge in [0.05, 0.1) is 5.52 Å². The molecule has 4 aromatic heterocycles. The molecule has 0 radical (unpaired) electrons. The summed E-state index contributed by atoms with van der Waals surface area (Å²) in [4.78, 5) is 25.2. The Bertz CT molecular complexity index is 1150. The first kappa shape index (κ1) is 17.3. The van der Waals surface area contributed by atoms with Gasteiger partial charge in [-0.15, -0.1) is 0 Å². The van der Waals surface area contributed by atoms with Gasteiger partial charge in [0.15, 0.2) is 11.6 Å². The monoisotopic (exact) mass is 377 g/mol. The molecule has 4 aromatic rings. The van der Waals surface area contributed by atoms with Crippen LogP contribution in [0.25, 0.3) is 27.8 Å². The molecule has 0 atom stereocenters. The summed E-state index contributed by atoms with van der Waals surface area (Å²) in [7, 11) is 0. The first-order valence-corrected chi connectivity index (χ1v) is 8.91. The molecule has 0 aliphatic carbocycles. The lowest BCUT2D eigenvalue weighted by Gasteiger charge is -2.13. The van der Waals surface area contributed by atoms with Gasteiger partial charge in [-0.05, 0) is 30.7 Å². The number of ketones is 1. The third kappa shape index (κ3) is 3.19. The number of Topliss-reactive ketones (excluding diaryl/α,β-unsaturated/α-hetero) is 1. The van der Waals surface area contributed by atoms with E-state index in [0.717, 1.165) is 27.6 Å². The number of aromatic nitrogens is 5. The number of rotatable bonds is 4. The van der Waals surface area contributed by atoms with Crippen molar-refractivity contribution in [3.63, 3.8) is 0 Å². The average Bonchev–Trinajstić information content (AvgIpc) is 3.21. The molecule has 0 amide bonds. The second-order valence-corrected chi connectivity index (χ2v) is 6.56. The molecule has 0 aromatic carbocycles. The van der Waals surface area contributed by atoms with Gasteiger partial charge < -0.3 is 0 Å². The summed E-state index contributed by atoms with van der Waals surface area (Å²) < 4.78 is 1.70. The van der Waals surface area contributed by atoms with Gasteiger partial charge in [-0.1, -0.05) is 18.5 Å². The lowest BCUT2D eigenvalue weighted by Crippen LogP contribution is -2.05. The number of hydrogen-bond donors (Lipinski definition) is 0. The second-order valence-electron chi connectivity index (χ2n) is 6.17. The second kappa shape index (κ2) is 6.89. The fourth-order valence-electron chi connectivity index (χ4n) is 2.97. The maximum absolute atomic E-state index is 12.0. The van der Waals surface area contributed by atoms with E-state index in [-0.39, 0.29) is 5.78 Å². The molecule has 0 saturated heterocycles. The van der Waals surface area contributed by atoms with Crippen LogP contribution >= 0.6 is 11.6 Å². The topological polar surface area (TPSA) is 73.6 Å². The fraction of sp³-hybridized carbons (Fsp3) is 0.150. The van der Waals surface area contributed by atoms with Crippen LogP contribution < -0.4 is 0 Å². The van der Waals surface area contributed by atoms with E-state index in [1.165, 1.54) is 0 Å². The Labute approximate surface area is 160 Å². The van der Waals surface area contributed by atoms with Crippen LogP contribution in [0.15, 0.2) is 49.1 Å². The van der Waals surface area contributed by atoms with Crippen molar-refractivity contribution in [3.8, 4) is 16.9 Å². The van der Waals surface area contributed by atoms with E-state index in [1.54, 1.807) is 29.3 Å². The lowest BCUT2D eigenvalue weighted by molar-refractivity contribution is 0.0983. The Morgan fingerprint density at radius 2 is 2.00 bits per heavy atom. The van der Waals surface area contributed by atoms with Crippen molar-refractivity contribution >= 4 is 28.3 Å². The van der Waals surface area contributed by atoms with Crippen LogP contribution in [0.5, 0.6) is 0 Å². The zero-order chi connectivity index (χ0) is 19.0. The highest BCUT2D eigenvalue weighted by Crippen LogP contribution is 2.31. The van der Waals surface area contributed by atoms with Crippen LogP contribution in [-0.4, -0.2) is 30.5 Å². The molecule has 0 aliphatic rings. The van der Waals surface area contributed by atoms with E-state index in [4.69, 9.17) is 16.6 Å². The smallest absolute Gasteiger partial charge is 0.180 e. The number of hydrogen-bond acceptors (Lipinski definition) is 5. The Morgan fingerprint density at radius 1 is 1.15 bits per heavy atom. The quantitative estimate of drug-likeness (QED) is 0.388. The zero-order valence-electron chi connectivity index (χ0n) is 14.8. The minimum absolute atomic E-state index is 0.0208. The Morgan fingerprint density at radius 3 is 2.70 bits per heavy atom. The van der Waals surface area contributed by atoms with Crippen molar-refractivity contribution in [2.75, 3.05) is 0 Å². The van der Waals surface area contributed by atoms with Crippen LogP contribution in [0.4, 0.5) is 0 Å². The van der Waals surface area contributed by atoms with Crippen molar-refractivity contribution < 1.29 is 4.79 Å². The Hall–Kier alpha value is -3.12. The molecule has 4 rings (SSSR count). The first-order valence-electron chi connectivity index (χ1n) is 8.53. The summed E-state index contributed by atoms with van der Waals surface area (Å²) in [5, 5.41) is 5.57. The minimum atomic E-state index is 0.0208. The predicted molar refractivity (Wildman–Crippen MR) is 104 cm³/mol. The van der Waals surface area contributed by atoms with E-state index in [9.17, 15) is 4.79 Å². The lowest BCUT2D eigenvalue weighted by atomic mass is 10.0. The summed E-state index contributed by atoms with van der Waals surface area (Å²) in [6.45, 7) is 3.79. The van der Waals surface area contributed by atoms with Gasteiger partial charge in [0, 0.05) is 53.8 Å². The molecular formula is C20H16ClN5O. The largest absolute Gasteiger partial charge is 0.292 e. The molecule has 27 heavy (non-hydrogen) atoms. The van der Waals surface area contributed by atoms with Gasteiger partial charge in [0.2, 0.25) is 0 Å². The molecule has 0 aliphatic heterocycles. The number of nitrogens with zero attached hydrogens (tertiary/aromatic N) is 5. The molecule has 134 valence electrons. The summed E-state index contributed by atoms with van der Waals surface area (Å²) >= 11 is 6.02. The molecule has 6 nitrogen and oxygen atoms in total. The van der Waals surface area contributed by atoms with E-state index < -0.39 is 0 Å². The molecule has 0 unspecified atom stereocenters. The molecule has 0 saturated carbocycles. The van der Waals surface area contributed by atoms with Gasteiger partial charge >= 0.3 is 0 Å². The van der Waals surface area contributed by atoms with E-state index >= 15 is 0 Å². The van der Waals surface area contributed by atoms with Crippen molar-refractivity contribution in [2.45, 2.75) is 20.3 Å². The first-order chi connectivity index (χ1) is 13.1. The summed E-state index contributed by atoms with van der Waals surface area (Å²) in [5.41, 5.74) is 3.89. The Kier molecular flexibility index (Phi) is 4.41. The molecule has 4 heterocycles. The molecule has 0 bridgehead atoms. The third-order valence-electron chi connectivity index (χ3n) is 4.37. The minimum Gasteiger partial charge on any atom is -0.292 e. The Balaban J connectivity index is 1.96. The third-order valence-corrected chi connectivity index (χ3v) is 4.58. The molecule has 0 fully saturated rings. The van der Waals surface area contributed by atoms with Crippen molar-refractivity contribution in [2.24, 2.45) is 0 Å². The van der Waals surface area contributed by atoms with Gasteiger partial charge in [0.1, 0.15) is 10.8 Å². The van der Waals surface area contributed by atoms with Crippen LogP contribution in [0.3, 0.4) is 0 Å². The predicted octanol–water partition coefficient (Wildman–Crippen LogP) is 4.43. The number of halogens is 1. The number of carbonyl (C=O) groups is 1. The van der Waals surface area contributed by atoms with Crippen molar-refractivity contribution in [1.82, 2.24) is 24.7 Å². The fourth-order valence-corrected chi connectivity index (χ4v) is 3.12. The SMILES string of the molecule is CCC(=O)c1cc(C)c(-c2cc3cnc(Cl)cc3nc2-n2cccn2)cn1. The van der Waals surface area contributed by atoms with E-state index in [1.807, 2.05) is 38.2 Å². The summed E-state index contributed by atoms with van der Waals surface area (Å²) in [5.74, 6) is 0.682. The van der Waals surface area contributed by atoms with Crippen LogP contribution in [-0.2, 0) is 0 Å².